The lowest BCUT2D eigenvalue weighted by atomic mass is 9.96. The summed E-state index contributed by atoms with van der Waals surface area (Å²) in [7, 11) is 4.33. The van der Waals surface area contributed by atoms with Crippen molar-refractivity contribution in [3.8, 4) is 0 Å². The molecule has 0 saturated heterocycles. The maximum Gasteiger partial charge on any atom is 0.0000920 e. The summed E-state index contributed by atoms with van der Waals surface area (Å²) in [6.45, 7) is 8.29. The largest absolute Gasteiger partial charge is 0.309 e. The minimum absolute atomic E-state index is 0.862. The monoisotopic (exact) mass is 213 g/mol. The average Bonchev–Trinajstić information content (AvgIpc) is 2.12. The molecule has 0 heterocycles. The van der Waals surface area contributed by atoms with Gasteiger partial charge in [0.1, 0.15) is 0 Å². The quantitative estimate of drug-likeness (QED) is 0.519. The van der Waals surface area contributed by atoms with E-state index >= 15 is 0 Å². The van der Waals surface area contributed by atoms with Gasteiger partial charge in [0, 0.05) is 6.54 Å². The van der Waals surface area contributed by atoms with Gasteiger partial charge in [-0.2, -0.15) is 0 Å². The summed E-state index contributed by atoms with van der Waals surface area (Å²) < 4.78 is 0. The smallest absolute Gasteiger partial charge is 0.0000920 e. The molecule has 0 aromatic carbocycles. The highest BCUT2D eigenvalue weighted by molar-refractivity contribution is 4.58. The first kappa shape index (κ1) is 15.0. The molecule has 0 N–H and O–H groups in total. The zero-order valence-corrected chi connectivity index (χ0v) is 11.6. The molecule has 0 rings (SSSR count). The molecular formula is C14H31N. The van der Waals surface area contributed by atoms with Crippen LogP contribution in [0.15, 0.2) is 0 Å². The minimum atomic E-state index is 0.862. The Morgan fingerprint density at radius 3 is 1.87 bits per heavy atom. The second kappa shape index (κ2) is 9.21. The SMILES string of the molecule is CCCC(C)CCCCC(C)CN(C)C. The molecule has 0 saturated carbocycles. The predicted octanol–water partition coefficient (Wildman–Crippen LogP) is 4.18. The highest BCUT2D eigenvalue weighted by Gasteiger charge is 2.04. The van der Waals surface area contributed by atoms with Crippen molar-refractivity contribution in [3.05, 3.63) is 0 Å². The molecule has 0 radical (unpaired) electrons. The summed E-state index contributed by atoms with van der Waals surface area (Å²) in [6, 6.07) is 0. The molecule has 2 atom stereocenters. The predicted molar refractivity (Wildman–Crippen MR) is 70.3 cm³/mol. The maximum atomic E-state index is 2.40. The molecule has 92 valence electrons. The molecule has 0 aliphatic carbocycles. The van der Waals surface area contributed by atoms with Gasteiger partial charge in [0.05, 0.1) is 0 Å². The van der Waals surface area contributed by atoms with E-state index in [-0.39, 0.29) is 0 Å². The Morgan fingerprint density at radius 1 is 0.867 bits per heavy atom. The molecule has 0 aromatic heterocycles. The average molecular weight is 213 g/mol. The summed E-state index contributed by atoms with van der Waals surface area (Å²) in [4.78, 5) is 2.30. The fourth-order valence-corrected chi connectivity index (χ4v) is 2.34. The van der Waals surface area contributed by atoms with E-state index in [2.05, 4.69) is 39.8 Å². The van der Waals surface area contributed by atoms with E-state index in [1.807, 2.05) is 0 Å². The van der Waals surface area contributed by atoms with Crippen LogP contribution in [0, 0.1) is 11.8 Å². The maximum absolute atomic E-state index is 2.40. The van der Waals surface area contributed by atoms with E-state index in [9.17, 15) is 0 Å². The Labute approximate surface area is 97.2 Å². The molecule has 0 aliphatic heterocycles. The van der Waals surface area contributed by atoms with Crippen molar-refractivity contribution in [2.45, 2.75) is 59.3 Å². The lowest BCUT2D eigenvalue weighted by molar-refractivity contribution is 0.318. The number of hydrogen-bond donors (Lipinski definition) is 0. The van der Waals surface area contributed by atoms with Gasteiger partial charge in [-0.3, -0.25) is 0 Å². The van der Waals surface area contributed by atoms with E-state index in [0.29, 0.717) is 0 Å². The first-order chi connectivity index (χ1) is 7.06. The van der Waals surface area contributed by atoms with Gasteiger partial charge < -0.3 is 4.90 Å². The van der Waals surface area contributed by atoms with Crippen LogP contribution in [0.4, 0.5) is 0 Å². The Balaban J connectivity index is 3.30. The van der Waals surface area contributed by atoms with E-state index in [0.717, 1.165) is 11.8 Å². The zero-order valence-electron chi connectivity index (χ0n) is 11.6. The summed E-state index contributed by atoms with van der Waals surface area (Å²) in [6.07, 6.45) is 8.44. The third kappa shape index (κ3) is 10.2. The van der Waals surface area contributed by atoms with Crippen molar-refractivity contribution in [2.75, 3.05) is 20.6 Å². The van der Waals surface area contributed by atoms with Crippen molar-refractivity contribution >= 4 is 0 Å². The first-order valence-corrected chi connectivity index (χ1v) is 6.71. The van der Waals surface area contributed by atoms with Crippen molar-refractivity contribution in [1.29, 1.82) is 0 Å². The molecule has 0 fully saturated rings. The van der Waals surface area contributed by atoms with Crippen LogP contribution in [-0.4, -0.2) is 25.5 Å². The molecule has 0 amide bonds. The van der Waals surface area contributed by atoms with Crippen LogP contribution >= 0.6 is 0 Å². The zero-order chi connectivity index (χ0) is 11.7. The van der Waals surface area contributed by atoms with E-state index in [4.69, 9.17) is 0 Å². The Bertz CT molecular complexity index is 131. The lowest BCUT2D eigenvalue weighted by Crippen LogP contribution is -2.19. The Hall–Kier alpha value is -0.0400. The normalized spacial score (nSPS) is 15.6. The highest BCUT2D eigenvalue weighted by Crippen LogP contribution is 2.16. The third-order valence-corrected chi connectivity index (χ3v) is 3.10. The Morgan fingerprint density at radius 2 is 1.40 bits per heavy atom. The van der Waals surface area contributed by atoms with Gasteiger partial charge in [0.25, 0.3) is 0 Å². The first-order valence-electron chi connectivity index (χ1n) is 6.71. The minimum Gasteiger partial charge on any atom is -0.309 e. The lowest BCUT2D eigenvalue weighted by Gasteiger charge is -2.17. The molecular weight excluding hydrogens is 182 g/mol. The molecule has 2 unspecified atom stereocenters. The van der Waals surface area contributed by atoms with Crippen molar-refractivity contribution in [2.24, 2.45) is 11.8 Å². The molecule has 0 bridgehead atoms. The van der Waals surface area contributed by atoms with Gasteiger partial charge >= 0.3 is 0 Å². The van der Waals surface area contributed by atoms with E-state index in [1.165, 1.54) is 45.1 Å². The number of nitrogens with zero attached hydrogens (tertiary/aromatic N) is 1. The number of hydrogen-bond acceptors (Lipinski definition) is 1. The van der Waals surface area contributed by atoms with Crippen LogP contribution in [0.2, 0.25) is 0 Å². The van der Waals surface area contributed by atoms with Crippen LogP contribution in [0.3, 0.4) is 0 Å². The van der Waals surface area contributed by atoms with Crippen LogP contribution < -0.4 is 0 Å². The van der Waals surface area contributed by atoms with Crippen molar-refractivity contribution < 1.29 is 0 Å². The topological polar surface area (TPSA) is 3.24 Å². The molecule has 0 aromatic rings. The van der Waals surface area contributed by atoms with Gasteiger partial charge in [-0.15, -0.1) is 0 Å². The number of unbranched alkanes of at least 4 members (excludes halogenated alkanes) is 1. The van der Waals surface area contributed by atoms with Gasteiger partial charge in [-0.25, -0.2) is 0 Å². The van der Waals surface area contributed by atoms with Crippen LogP contribution in [-0.2, 0) is 0 Å². The highest BCUT2D eigenvalue weighted by atomic mass is 15.1. The molecule has 1 heteroatoms. The second-order valence-electron chi connectivity index (χ2n) is 5.55. The fraction of sp³-hybridized carbons (Fsp3) is 1.00. The molecule has 15 heavy (non-hydrogen) atoms. The Kier molecular flexibility index (Phi) is 9.18. The van der Waals surface area contributed by atoms with Gasteiger partial charge in [-0.05, 0) is 32.4 Å². The van der Waals surface area contributed by atoms with Crippen LogP contribution in [0.5, 0.6) is 0 Å². The number of rotatable bonds is 9. The fourth-order valence-electron chi connectivity index (χ4n) is 2.34. The standard InChI is InChI=1S/C14H31N/c1-6-9-13(2)10-7-8-11-14(3)12-15(4)5/h13-14H,6-12H2,1-5H3. The summed E-state index contributed by atoms with van der Waals surface area (Å²) >= 11 is 0. The van der Waals surface area contributed by atoms with Gasteiger partial charge in [0.15, 0.2) is 0 Å². The van der Waals surface area contributed by atoms with Crippen molar-refractivity contribution in [1.82, 2.24) is 4.90 Å². The summed E-state index contributed by atoms with van der Waals surface area (Å²) in [5.41, 5.74) is 0. The third-order valence-electron chi connectivity index (χ3n) is 3.10. The van der Waals surface area contributed by atoms with Crippen molar-refractivity contribution in [3.63, 3.8) is 0 Å². The summed E-state index contributed by atoms with van der Waals surface area (Å²) in [5, 5.41) is 0. The van der Waals surface area contributed by atoms with Gasteiger partial charge in [0.2, 0.25) is 0 Å². The van der Waals surface area contributed by atoms with Gasteiger partial charge in [-0.1, -0.05) is 52.9 Å². The van der Waals surface area contributed by atoms with E-state index in [1.54, 1.807) is 0 Å². The molecule has 1 nitrogen and oxygen atoms in total. The van der Waals surface area contributed by atoms with Crippen LogP contribution in [0.1, 0.15) is 59.3 Å². The second-order valence-corrected chi connectivity index (χ2v) is 5.55. The molecule has 0 spiro atoms. The van der Waals surface area contributed by atoms with Crippen LogP contribution in [0.25, 0.3) is 0 Å². The molecule has 0 aliphatic rings. The summed E-state index contributed by atoms with van der Waals surface area (Å²) in [5.74, 6) is 1.81. The van der Waals surface area contributed by atoms with E-state index < -0.39 is 0 Å².